The van der Waals surface area contributed by atoms with E-state index in [1.54, 1.807) is 0 Å². The molecule has 8 aromatic carbocycles. The van der Waals surface area contributed by atoms with Crippen molar-refractivity contribution in [3.63, 3.8) is 0 Å². The smallest absolute Gasteiger partial charge is 0.179 e. The minimum absolute atomic E-state index is 0.886. The van der Waals surface area contributed by atoms with Crippen molar-refractivity contribution in [3.8, 4) is 11.5 Å². The molecule has 0 amide bonds. The van der Waals surface area contributed by atoms with Crippen LogP contribution in [0.4, 0.5) is 0 Å². The number of pyridine rings is 2. The second-order valence-corrected chi connectivity index (χ2v) is 20.0. The Labute approximate surface area is 358 Å². The lowest BCUT2D eigenvalue weighted by atomic mass is 10.1. The molecule has 0 N–H and O–H groups in total. The van der Waals surface area contributed by atoms with Gasteiger partial charge >= 0.3 is 0 Å². The molecule has 0 aliphatic carbocycles. The first-order valence-electron chi connectivity index (χ1n) is 21.2. The second-order valence-electron chi connectivity index (χ2n) is 16.2. The summed E-state index contributed by atoms with van der Waals surface area (Å²) < 4.78 is 7.07. The standard InChI is InChI=1S/C56H37N5Si/c1-4-16-38(17-5-1)60-50-25-13-11-23-45(50)46-31-32-51-54(55(46)60)47-30-28-42(37-52(47)61(51)53-26-14-15-33-57-53)62(39-18-6-2-7-19-39,40-20-8-3-9-21-40)41-27-29-43-44-22-10-12-24-49(44)59-35-34-58-56(59)48(43)36-41/h1-37H. The molecule has 0 aliphatic rings. The molecule has 0 bridgehead atoms. The van der Waals surface area contributed by atoms with Crippen LogP contribution in [0.3, 0.4) is 0 Å². The van der Waals surface area contributed by atoms with Gasteiger partial charge in [0.2, 0.25) is 0 Å². The van der Waals surface area contributed by atoms with Gasteiger partial charge in [0.05, 0.1) is 27.6 Å². The minimum atomic E-state index is -3.06. The van der Waals surface area contributed by atoms with Gasteiger partial charge in [0.25, 0.3) is 0 Å². The molecule has 5 nitrogen and oxygen atoms in total. The predicted octanol–water partition coefficient (Wildman–Crippen LogP) is 10.6. The number of hydrogen-bond acceptors (Lipinski definition) is 2. The van der Waals surface area contributed by atoms with E-state index < -0.39 is 8.07 Å². The summed E-state index contributed by atoms with van der Waals surface area (Å²) in [6.45, 7) is 0. The molecule has 0 atom stereocenters. The van der Waals surface area contributed by atoms with Crippen molar-refractivity contribution in [1.29, 1.82) is 0 Å². The van der Waals surface area contributed by atoms with Gasteiger partial charge in [0, 0.05) is 56.6 Å². The first-order valence-corrected chi connectivity index (χ1v) is 23.2. The molecule has 0 spiro atoms. The quantitative estimate of drug-likeness (QED) is 0.0954. The Morgan fingerprint density at radius 3 is 1.69 bits per heavy atom. The van der Waals surface area contributed by atoms with Gasteiger partial charge in [-0.05, 0) is 74.7 Å². The molecule has 6 heteroatoms. The zero-order valence-corrected chi connectivity index (χ0v) is 34.6. The molecule has 0 fully saturated rings. The lowest BCUT2D eigenvalue weighted by Crippen LogP contribution is -2.74. The number of benzene rings is 8. The van der Waals surface area contributed by atoms with Gasteiger partial charge in [-0.1, -0.05) is 158 Å². The van der Waals surface area contributed by atoms with Crippen LogP contribution in [0.1, 0.15) is 0 Å². The van der Waals surface area contributed by atoms with Gasteiger partial charge in [-0.2, -0.15) is 0 Å². The van der Waals surface area contributed by atoms with Crippen LogP contribution in [0.15, 0.2) is 225 Å². The van der Waals surface area contributed by atoms with Crippen LogP contribution >= 0.6 is 0 Å². The molecule has 62 heavy (non-hydrogen) atoms. The third kappa shape index (κ3) is 4.84. The van der Waals surface area contributed by atoms with Crippen LogP contribution in [-0.4, -0.2) is 31.6 Å². The predicted molar refractivity (Wildman–Crippen MR) is 260 cm³/mol. The van der Waals surface area contributed by atoms with Crippen LogP contribution in [-0.2, 0) is 0 Å². The van der Waals surface area contributed by atoms with Crippen LogP contribution in [0.25, 0.3) is 82.4 Å². The van der Waals surface area contributed by atoms with Crippen molar-refractivity contribution in [1.82, 2.24) is 23.5 Å². The molecular weight excluding hydrogens is 771 g/mol. The van der Waals surface area contributed by atoms with Gasteiger partial charge in [0.15, 0.2) is 8.07 Å². The van der Waals surface area contributed by atoms with Crippen molar-refractivity contribution in [2.75, 3.05) is 0 Å². The van der Waals surface area contributed by atoms with Gasteiger partial charge in [0.1, 0.15) is 11.5 Å². The van der Waals surface area contributed by atoms with E-state index in [-0.39, 0.29) is 0 Å². The number of nitrogens with zero attached hydrogens (tertiary/aromatic N) is 5. The summed E-state index contributed by atoms with van der Waals surface area (Å²) in [4.78, 5) is 10.0. The van der Waals surface area contributed by atoms with Crippen molar-refractivity contribution in [2.24, 2.45) is 0 Å². The summed E-state index contributed by atoms with van der Waals surface area (Å²) in [6.07, 6.45) is 5.91. The second kappa shape index (κ2) is 13.5. The van der Waals surface area contributed by atoms with Crippen LogP contribution in [0.5, 0.6) is 0 Å². The molecule has 5 aromatic heterocycles. The maximum absolute atomic E-state index is 5.03. The average molecular weight is 808 g/mol. The van der Waals surface area contributed by atoms with Crippen molar-refractivity contribution in [2.45, 2.75) is 0 Å². The van der Waals surface area contributed by atoms with Crippen molar-refractivity contribution >= 4 is 99.8 Å². The van der Waals surface area contributed by atoms with E-state index in [0.717, 1.165) is 39.1 Å². The third-order valence-corrected chi connectivity index (χ3v) is 17.8. The monoisotopic (exact) mass is 807 g/mol. The Balaban J connectivity index is 1.19. The number of hydrogen-bond donors (Lipinski definition) is 0. The minimum Gasteiger partial charge on any atom is -0.309 e. The summed E-state index contributed by atoms with van der Waals surface area (Å²) >= 11 is 0. The molecule has 0 unspecified atom stereocenters. The average Bonchev–Trinajstić information content (AvgIpc) is 4.07. The number of imidazole rings is 1. The van der Waals surface area contributed by atoms with E-state index in [1.807, 2.05) is 18.5 Å². The SMILES string of the molecule is c1ccc(-n2c3ccccc3c3ccc4c(c5ccc([Si](c6ccccc6)(c6ccccc6)c6ccc7c8ccccc8n8ccnc8c7c6)cc5n4-c4ccccn4)c32)cc1. The summed E-state index contributed by atoms with van der Waals surface area (Å²) in [6, 6.07) is 76.0. The van der Waals surface area contributed by atoms with E-state index >= 15 is 0 Å². The molecule has 0 saturated carbocycles. The summed E-state index contributed by atoms with van der Waals surface area (Å²) in [5.74, 6) is 0.886. The zero-order valence-electron chi connectivity index (χ0n) is 33.6. The number of fused-ring (bicyclic) bond motifs is 13. The molecule has 13 aromatic rings. The molecule has 5 heterocycles. The van der Waals surface area contributed by atoms with Gasteiger partial charge < -0.3 is 4.57 Å². The van der Waals surface area contributed by atoms with Crippen LogP contribution in [0, 0.1) is 0 Å². The van der Waals surface area contributed by atoms with Crippen LogP contribution < -0.4 is 20.7 Å². The summed E-state index contributed by atoms with van der Waals surface area (Å²) in [5, 5.41) is 13.7. The molecule has 13 rings (SSSR count). The highest BCUT2D eigenvalue weighted by Crippen LogP contribution is 2.42. The Hall–Kier alpha value is -8.06. The fourth-order valence-electron chi connectivity index (χ4n) is 10.6. The first kappa shape index (κ1) is 34.8. The van der Waals surface area contributed by atoms with E-state index in [9.17, 15) is 0 Å². The highest BCUT2D eigenvalue weighted by molar-refractivity contribution is 7.20. The Bertz CT molecular complexity index is 3810. The summed E-state index contributed by atoms with van der Waals surface area (Å²) in [7, 11) is -3.06. The molecular formula is C56H37N5Si. The normalized spacial score (nSPS) is 12.2. The van der Waals surface area contributed by atoms with Crippen LogP contribution in [0.2, 0.25) is 0 Å². The summed E-state index contributed by atoms with van der Waals surface area (Å²) in [5.41, 5.74) is 7.89. The zero-order chi connectivity index (χ0) is 40.8. The Morgan fingerprint density at radius 2 is 0.968 bits per heavy atom. The van der Waals surface area contributed by atoms with E-state index in [2.05, 4.69) is 220 Å². The highest BCUT2D eigenvalue weighted by Gasteiger charge is 2.42. The highest BCUT2D eigenvalue weighted by atomic mass is 28.3. The maximum atomic E-state index is 5.03. The first-order chi connectivity index (χ1) is 30.8. The maximum Gasteiger partial charge on any atom is 0.179 e. The number of aromatic nitrogens is 5. The van der Waals surface area contributed by atoms with Crippen molar-refractivity contribution < 1.29 is 0 Å². The number of para-hydroxylation sites is 3. The molecule has 290 valence electrons. The van der Waals surface area contributed by atoms with E-state index in [0.29, 0.717) is 0 Å². The van der Waals surface area contributed by atoms with E-state index in [4.69, 9.17) is 9.97 Å². The molecule has 0 radical (unpaired) electrons. The fourth-order valence-corrected chi connectivity index (χ4v) is 15.3. The van der Waals surface area contributed by atoms with Crippen molar-refractivity contribution in [3.05, 3.63) is 225 Å². The fraction of sp³-hybridized carbons (Fsp3) is 0. The Kier molecular flexibility index (Phi) is 7.56. The Morgan fingerprint density at radius 1 is 0.355 bits per heavy atom. The van der Waals surface area contributed by atoms with Gasteiger partial charge in [-0.15, -0.1) is 0 Å². The third-order valence-electron chi connectivity index (χ3n) is 13.1. The van der Waals surface area contributed by atoms with Gasteiger partial charge in [-0.3, -0.25) is 8.97 Å². The largest absolute Gasteiger partial charge is 0.309 e. The molecule has 0 saturated heterocycles. The topological polar surface area (TPSA) is 40.0 Å². The lowest BCUT2D eigenvalue weighted by Gasteiger charge is -2.35. The number of rotatable bonds is 6. The van der Waals surface area contributed by atoms with Gasteiger partial charge in [-0.25, -0.2) is 9.97 Å². The van der Waals surface area contributed by atoms with E-state index in [1.165, 1.54) is 64.1 Å². The lowest BCUT2D eigenvalue weighted by molar-refractivity contribution is 1.08. The molecule has 0 aliphatic heterocycles.